The van der Waals surface area contributed by atoms with Gasteiger partial charge >= 0.3 is 6.36 Å². The van der Waals surface area contributed by atoms with Crippen LogP contribution in [0, 0.1) is 0 Å². The number of piperidine rings is 1. The molecule has 2 aromatic carbocycles. The lowest BCUT2D eigenvalue weighted by molar-refractivity contribution is -0.274. The van der Waals surface area contributed by atoms with Gasteiger partial charge in [0.25, 0.3) is 0 Å². The molecule has 0 radical (unpaired) electrons. The van der Waals surface area contributed by atoms with E-state index >= 15 is 0 Å². The van der Waals surface area contributed by atoms with E-state index in [0.29, 0.717) is 19.3 Å². The number of nitrogens with zero attached hydrogens (tertiary/aromatic N) is 1. The van der Waals surface area contributed by atoms with Crippen molar-refractivity contribution in [2.24, 2.45) is 0 Å². The quantitative estimate of drug-likeness (QED) is 0.787. The van der Waals surface area contributed by atoms with Crippen molar-refractivity contribution in [3.63, 3.8) is 0 Å². The van der Waals surface area contributed by atoms with Crippen LogP contribution in [0.5, 0.6) is 5.75 Å². The Labute approximate surface area is 166 Å². The Morgan fingerprint density at radius 1 is 1.07 bits per heavy atom. The standard InChI is InChI=1S/C19H19F3N2O4S/c20-19(21,22)28-15-8-6-7-14(13-15)23-18(25)17-11-4-5-12-24(17)29(26,27)16-9-2-1-3-10-16/h1-3,6-10,13,17H,4-5,11-12H2,(H,23,25)/t17-/m1/s1. The van der Waals surface area contributed by atoms with Crippen molar-refractivity contribution in [1.82, 2.24) is 4.31 Å². The lowest BCUT2D eigenvalue weighted by Crippen LogP contribution is -2.49. The molecule has 0 saturated carbocycles. The third kappa shape index (κ3) is 5.27. The van der Waals surface area contributed by atoms with Crippen molar-refractivity contribution in [2.75, 3.05) is 11.9 Å². The molecule has 29 heavy (non-hydrogen) atoms. The number of nitrogens with one attached hydrogen (secondary N) is 1. The molecular formula is C19H19F3N2O4S. The Hall–Kier alpha value is -2.59. The van der Waals surface area contributed by atoms with Crippen molar-refractivity contribution >= 4 is 21.6 Å². The molecule has 10 heteroatoms. The molecule has 1 atom stereocenters. The molecule has 1 N–H and O–H groups in total. The summed E-state index contributed by atoms with van der Waals surface area (Å²) in [7, 11) is -3.88. The maximum Gasteiger partial charge on any atom is 0.573 e. The molecule has 6 nitrogen and oxygen atoms in total. The summed E-state index contributed by atoms with van der Waals surface area (Å²) in [5, 5.41) is 2.50. The van der Waals surface area contributed by atoms with Gasteiger partial charge in [-0.15, -0.1) is 13.2 Å². The van der Waals surface area contributed by atoms with Crippen LogP contribution in [-0.4, -0.2) is 37.6 Å². The number of amides is 1. The normalized spacial score (nSPS) is 18.2. The summed E-state index contributed by atoms with van der Waals surface area (Å²) in [6, 6.07) is 11.7. The van der Waals surface area contributed by atoms with Crippen LogP contribution in [0.4, 0.5) is 18.9 Å². The van der Waals surface area contributed by atoms with Gasteiger partial charge in [0.2, 0.25) is 15.9 Å². The average molecular weight is 428 g/mol. The van der Waals surface area contributed by atoms with Gasteiger partial charge in [0.05, 0.1) is 4.90 Å². The lowest BCUT2D eigenvalue weighted by atomic mass is 10.0. The number of benzene rings is 2. The first-order valence-electron chi connectivity index (χ1n) is 8.90. The van der Waals surface area contributed by atoms with E-state index in [9.17, 15) is 26.4 Å². The Morgan fingerprint density at radius 2 is 1.79 bits per heavy atom. The monoisotopic (exact) mass is 428 g/mol. The Balaban J connectivity index is 1.79. The van der Waals surface area contributed by atoms with Gasteiger partial charge in [-0.2, -0.15) is 4.31 Å². The number of anilines is 1. The van der Waals surface area contributed by atoms with Gasteiger partial charge in [-0.1, -0.05) is 30.7 Å². The highest BCUT2D eigenvalue weighted by Crippen LogP contribution is 2.28. The molecule has 1 fully saturated rings. The fourth-order valence-electron chi connectivity index (χ4n) is 3.18. The first-order valence-corrected chi connectivity index (χ1v) is 10.3. The zero-order valence-corrected chi connectivity index (χ0v) is 16.0. The summed E-state index contributed by atoms with van der Waals surface area (Å²) in [5.41, 5.74) is 0.0828. The predicted molar refractivity (Wildman–Crippen MR) is 99.7 cm³/mol. The van der Waals surface area contributed by atoms with Crippen LogP contribution in [0.2, 0.25) is 0 Å². The van der Waals surface area contributed by atoms with Gasteiger partial charge in [-0.3, -0.25) is 4.79 Å². The fourth-order valence-corrected chi connectivity index (χ4v) is 4.86. The van der Waals surface area contributed by atoms with Gasteiger partial charge in [0, 0.05) is 18.3 Å². The minimum absolute atomic E-state index is 0.0828. The molecule has 1 aliphatic heterocycles. The second kappa shape index (κ2) is 8.42. The summed E-state index contributed by atoms with van der Waals surface area (Å²) < 4.78 is 68.1. The van der Waals surface area contributed by atoms with Crippen LogP contribution in [0.25, 0.3) is 0 Å². The molecule has 1 saturated heterocycles. The molecule has 0 aliphatic carbocycles. The van der Waals surface area contributed by atoms with E-state index in [1.54, 1.807) is 18.2 Å². The van der Waals surface area contributed by atoms with Crippen molar-refractivity contribution in [2.45, 2.75) is 36.6 Å². The molecule has 1 aliphatic rings. The summed E-state index contributed by atoms with van der Waals surface area (Å²) >= 11 is 0. The van der Waals surface area contributed by atoms with Crippen molar-refractivity contribution in [3.8, 4) is 5.75 Å². The molecule has 156 valence electrons. The molecule has 0 bridgehead atoms. The van der Waals surface area contributed by atoms with Gasteiger partial charge in [-0.25, -0.2) is 8.42 Å². The summed E-state index contributed by atoms with van der Waals surface area (Å²) in [4.78, 5) is 12.9. The topological polar surface area (TPSA) is 75.7 Å². The minimum atomic E-state index is -4.85. The van der Waals surface area contributed by atoms with Gasteiger partial charge < -0.3 is 10.1 Å². The zero-order chi connectivity index (χ0) is 21.1. The molecule has 1 heterocycles. The summed E-state index contributed by atoms with van der Waals surface area (Å²) in [5.74, 6) is -1.08. The Morgan fingerprint density at radius 3 is 2.48 bits per heavy atom. The minimum Gasteiger partial charge on any atom is -0.406 e. The lowest BCUT2D eigenvalue weighted by Gasteiger charge is -2.33. The average Bonchev–Trinajstić information content (AvgIpc) is 2.67. The number of carbonyl (C=O) groups is 1. The second-order valence-corrected chi connectivity index (χ2v) is 8.40. The third-order valence-corrected chi connectivity index (χ3v) is 6.36. The molecule has 0 unspecified atom stereocenters. The van der Waals surface area contributed by atoms with Crippen LogP contribution in [0.3, 0.4) is 0 Å². The number of hydrogen-bond donors (Lipinski definition) is 1. The van der Waals surface area contributed by atoms with Gasteiger partial charge in [0.1, 0.15) is 11.8 Å². The summed E-state index contributed by atoms with van der Waals surface area (Å²) in [6.07, 6.45) is -3.26. The Kier molecular flexibility index (Phi) is 6.13. The SMILES string of the molecule is O=C(Nc1cccc(OC(F)(F)F)c1)[C@H]1CCCCN1S(=O)(=O)c1ccccc1. The van der Waals surface area contributed by atoms with E-state index in [2.05, 4.69) is 10.1 Å². The first-order chi connectivity index (χ1) is 13.7. The highest BCUT2D eigenvalue weighted by atomic mass is 32.2. The smallest absolute Gasteiger partial charge is 0.406 e. The third-order valence-electron chi connectivity index (χ3n) is 4.44. The molecule has 0 spiro atoms. The highest BCUT2D eigenvalue weighted by molar-refractivity contribution is 7.89. The first kappa shape index (κ1) is 21.1. The number of sulfonamides is 1. The highest BCUT2D eigenvalue weighted by Gasteiger charge is 2.37. The number of rotatable bonds is 5. The molecule has 0 aromatic heterocycles. The molecule has 3 rings (SSSR count). The largest absolute Gasteiger partial charge is 0.573 e. The number of alkyl halides is 3. The zero-order valence-electron chi connectivity index (χ0n) is 15.2. The van der Waals surface area contributed by atoms with Crippen LogP contribution >= 0.6 is 0 Å². The van der Waals surface area contributed by atoms with Crippen LogP contribution in [0.1, 0.15) is 19.3 Å². The molecule has 1 amide bonds. The summed E-state index contributed by atoms with van der Waals surface area (Å²) in [6.45, 7) is 0.187. The second-order valence-electron chi connectivity index (χ2n) is 6.51. The Bertz CT molecular complexity index is 965. The number of halogens is 3. The maximum atomic E-state index is 13.0. The predicted octanol–water partition coefficient (Wildman–Crippen LogP) is 3.77. The number of hydrogen-bond acceptors (Lipinski definition) is 4. The maximum absolute atomic E-state index is 13.0. The van der Waals surface area contributed by atoms with E-state index in [4.69, 9.17) is 0 Å². The van der Waals surface area contributed by atoms with Crippen LogP contribution in [-0.2, 0) is 14.8 Å². The van der Waals surface area contributed by atoms with Crippen LogP contribution in [0.15, 0.2) is 59.5 Å². The van der Waals surface area contributed by atoms with Crippen molar-refractivity contribution < 1.29 is 31.1 Å². The van der Waals surface area contributed by atoms with Crippen molar-refractivity contribution in [3.05, 3.63) is 54.6 Å². The van der Waals surface area contributed by atoms with Crippen molar-refractivity contribution in [1.29, 1.82) is 0 Å². The van der Waals surface area contributed by atoms with Crippen LogP contribution < -0.4 is 10.1 Å². The van der Waals surface area contributed by atoms with E-state index in [0.717, 1.165) is 16.4 Å². The van der Waals surface area contributed by atoms with Gasteiger partial charge in [-0.05, 0) is 37.1 Å². The van der Waals surface area contributed by atoms with Gasteiger partial charge in [0.15, 0.2) is 0 Å². The molecule has 2 aromatic rings. The molecular weight excluding hydrogens is 409 g/mol. The van der Waals surface area contributed by atoms with E-state index in [1.807, 2.05) is 0 Å². The van der Waals surface area contributed by atoms with E-state index in [-0.39, 0.29) is 17.1 Å². The number of ether oxygens (including phenoxy) is 1. The number of carbonyl (C=O) groups excluding carboxylic acids is 1. The van der Waals surface area contributed by atoms with E-state index < -0.39 is 34.1 Å². The van der Waals surface area contributed by atoms with E-state index in [1.165, 1.54) is 24.3 Å². The fraction of sp³-hybridized carbons (Fsp3) is 0.316.